The average Bonchev–Trinajstić information content (AvgIpc) is 3.23. The molecular formula is C21H14ClN5O4. The van der Waals surface area contributed by atoms with E-state index in [1.165, 1.54) is 25.3 Å². The number of carbonyl (C=O) groups is 1. The van der Waals surface area contributed by atoms with E-state index in [1.807, 2.05) is 30.3 Å². The Morgan fingerprint density at radius 3 is 2.61 bits per heavy atom. The molecule has 0 aliphatic carbocycles. The van der Waals surface area contributed by atoms with Crippen LogP contribution < -0.4 is 5.01 Å². The third-order valence-corrected chi connectivity index (χ3v) is 4.51. The van der Waals surface area contributed by atoms with Gasteiger partial charge >= 0.3 is 5.88 Å². The third-order valence-electron chi connectivity index (χ3n) is 4.27. The van der Waals surface area contributed by atoms with Gasteiger partial charge in [0.15, 0.2) is 5.76 Å². The molecule has 2 heterocycles. The Balaban J connectivity index is 1.82. The molecule has 154 valence electrons. The molecule has 0 saturated heterocycles. The summed E-state index contributed by atoms with van der Waals surface area (Å²) in [5, 5.41) is 17.1. The van der Waals surface area contributed by atoms with Crippen LogP contribution in [-0.4, -0.2) is 27.0 Å². The number of rotatable bonds is 5. The largest absolute Gasteiger partial charge is 0.433 e. The van der Waals surface area contributed by atoms with E-state index >= 15 is 0 Å². The number of benzene rings is 2. The van der Waals surface area contributed by atoms with Crippen LogP contribution in [0.1, 0.15) is 12.7 Å². The Kier molecular flexibility index (Phi) is 5.42. The van der Waals surface area contributed by atoms with Crippen LogP contribution in [0.4, 0.5) is 11.8 Å². The quantitative estimate of drug-likeness (QED) is 0.251. The predicted octanol–water partition coefficient (Wildman–Crippen LogP) is 4.84. The van der Waals surface area contributed by atoms with Crippen molar-refractivity contribution in [3.8, 4) is 11.3 Å². The molecule has 2 aromatic carbocycles. The highest BCUT2D eigenvalue weighted by Gasteiger charge is 2.18. The van der Waals surface area contributed by atoms with Crippen LogP contribution >= 0.6 is 11.6 Å². The van der Waals surface area contributed by atoms with Crippen molar-refractivity contribution in [2.75, 3.05) is 5.01 Å². The van der Waals surface area contributed by atoms with Gasteiger partial charge in [0.1, 0.15) is 4.92 Å². The van der Waals surface area contributed by atoms with E-state index in [1.54, 1.807) is 18.2 Å². The summed E-state index contributed by atoms with van der Waals surface area (Å²) < 4.78 is 5.05. The topological polar surface area (TPSA) is 115 Å². The first-order valence-corrected chi connectivity index (χ1v) is 9.42. The van der Waals surface area contributed by atoms with Crippen LogP contribution in [-0.2, 0) is 4.79 Å². The Labute approximate surface area is 180 Å². The SMILES string of the molecule is CC(=O)N(/N=C/c1ccc([N+](=O)[O-])o1)c1nc(-c2ccccc2)c2cc(Cl)ccc2n1. The predicted molar refractivity (Wildman–Crippen MR) is 116 cm³/mol. The van der Waals surface area contributed by atoms with E-state index in [0.717, 1.165) is 16.0 Å². The maximum absolute atomic E-state index is 12.3. The molecule has 0 atom stereocenters. The van der Waals surface area contributed by atoms with E-state index in [9.17, 15) is 14.9 Å². The van der Waals surface area contributed by atoms with Crippen LogP contribution in [0.5, 0.6) is 0 Å². The zero-order chi connectivity index (χ0) is 22.0. The monoisotopic (exact) mass is 435 g/mol. The summed E-state index contributed by atoms with van der Waals surface area (Å²) in [4.78, 5) is 31.4. The minimum atomic E-state index is -0.663. The van der Waals surface area contributed by atoms with Crippen molar-refractivity contribution in [3.05, 3.63) is 81.6 Å². The Morgan fingerprint density at radius 1 is 1.16 bits per heavy atom. The third kappa shape index (κ3) is 4.26. The summed E-state index contributed by atoms with van der Waals surface area (Å²) in [6.07, 6.45) is 1.19. The van der Waals surface area contributed by atoms with Crippen molar-refractivity contribution in [1.82, 2.24) is 9.97 Å². The molecule has 0 fully saturated rings. The molecule has 0 aliphatic heterocycles. The number of nitrogens with zero attached hydrogens (tertiary/aromatic N) is 5. The molecule has 1 amide bonds. The van der Waals surface area contributed by atoms with E-state index in [2.05, 4.69) is 15.1 Å². The summed E-state index contributed by atoms with van der Waals surface area (Å²) in [6, 6.07) is 17.2. The van der Waals surface area contributed by atoms with Gasteiger partial charge in [-0.3, -0.25) is 14.9 Å². The molecular weight excluding hydrogens is 422 g/mol. The summed E-state index contributed by atoms with van der Waals surface area (Å²) in [6.45, 7) is 1.31. The van der Waals surface area contributed by atoms with E-state index < -0.39 is 16.7 Å². The lowest BCUT2D eigenvalue weighted by molar-refractivity contribution is -0.402. The lowest BCUT2D eigenvalue weighted by Gasteiger charge is -2.15. The smallest absolute Gasteiger partial charge is 0.400 e. The lowest BCUT2D eigenvalue weighted by atomic mass is 10.1. The van der Waals surface area contributed by atoms with Gasteiger partial charge < -0.3 is 4.42 Å². The fourth-order valence-corrected chi connectivity index (χ4v) is 3.07. The van der Waals surface area contributed by atoms with Crippen LogP contribution in [0.3, 0.4) is 0 Å². The second-order valence-electron chi connectivity index (χ2n) is 6.41. The number of nitro groups is 1. The van der Waals surface area contributed by atoms with Crippen LogP contribution in [0, 0.1) is 10.1 Å². The zero-order valence-corrected chi connectivity index (χ0v) is 16.9. The molecule has 0 saturated carbocycles. The Morgan fingerprint density at radius 2 is 1.94 bits per heavy atom. The zero-order valence-electron chi connectivity index (χ0n) is 16.1. The lowest BCUT2D eigenvalue weighted by Crippen LogP contribution is -2.24. The van der Waals surface area contributed by atoms with E-state index in [4.69, 9.17) is 16.0 Å². The van der Waals surface area contributed by atoms with E-state index in [-0.39, 0.29) is 11.7 Å². The molecule has 0 N–H and O–H groups in total. The van der Waals surface area contributed by atoms with Crippen molar-refractivity contribution in [1.29, 1.82) is 0 Å². The summed E-state index contributed by atoms with van der Waals surface area (Å²) in [5.74, 6) is -0.738. The van der Waals surface area contributed by atoms with Gasteiger partial charge in [0, 0.05) is 22.9 Å². The molecule has 4 rings (SSSR count). The van der Waals surface area contributed by atoms with Gasteiger partial charge in [0.05, 0.1) is 23.5 Å². The number of hydrazone groups is 1. The van der Waals surface area contributed by atoms with Gasteiger partial charge in [0.2, 0.25) is 5.91 Å². The maximum atomic E-state index is 12.3. The van der Waals surface area contributed by atoms with Crippen LogP contribution in [0.2, 0.25) is 5.02 Å². The van der Waals surface area contributed by atoms with Gasteiger partial charge in [-0.2, -0.15) is 10.1 Å². The van der Waals surface area contributed by atoms with Crippen molar-refractivity contribution in [2.24, 2.45) is 5.10 Å². The van der Waals surface area contributed by atoms with Gasteiger partial charge in [-0.15, -0.1) is 0 Å². The number of halogens is 1. The normalized spacial score (nSPS) is 11.2. The standard InChI is InChI=1S/C21H14ClN5O4/c1-13(28)26(23-12-16-8-10-19(31-16)27(29)30)21-24-18-9-7-15(22)11-17(18)20(25-21)14-5-3-2-4-6-14/h2-12H,1H3/b23-12+. The van der Waals surface area contributed by atoms with Crippen LogP contribution in [0.15, 0.2) is 70.2 Å². The second-order valence-corrected chi connectivity index (χ2v) is 6.84. The molecule has 0 aliphatic rings. The van der Waals surface area contributed by atoms with E-state index in [0.29, 0.717) is 16.2 Å². The summed E-state index contributed by atoms with van der Waals surface area (Å²) in [7, 11) is 0. The average molecular weight is 436 g/mol. The van der Waals surface area contributed by atoms with Crippen molar-refractivity contribution >= 4 is 46.5 Å². The molecule has 0 unspecified atom stereocenters. The highest BCUT2D eigenvalue weighted by atomic mass is 35.5. The molecule has 0 spiro atoms. The molecule has 10 heteroatoms. The first kappa shape index (κ1) is 20.2. The van der Waals surface area contributed by atoms with Crippen LogP contribution in [0.25, 0.3) is 22.2 Å². The fourth-order valence-electron chi connectivity index (χ4n) is 2.90. The molecule has 31 heavy (non-hydrogen) atoms. The first-order valence-electron chi connectivity index (χ1n) is 9.04. The molecule has 2 aromatic heterocycles. The first-order chi connectivity index (χ1) is 14.9. The molecule has 9 nitrogen and oxygen atoms in total. The number of amides is 1. The van der Waals surface area contributed by atoms with Gasteiger partial charge in [-0.05, 0) is 24.3 Å². The highest BCUT2D eigenvalue weighted by Crippen LogP contribution is 2.30. The number of carbonyl (C=O) groups excluding carboxylic acids is 1. The second kappa shape index (κ2) is 8.33. The van der Waals surface area contributed by atoms with Crippen molar-refractivity contribution in [3.63, 3.8) is 0 Å². The number of hydrogen-bond donors (Lipinski definition) is 0. The number of anilines is 1. The highest BCUT2D eigenvalue weighted by molar-refractivity contribution is 6.31. The van der Waals surface area contributed by atoms with Crippen molar-refractivity contribution < 1.29 is 14.1 Å². The van der Waals surface area contributed by atoms with Gasteiger partial charge in [-0.1, -0.05) is 41.9 Å². The van der Waals surface area contributed by atoms with Gasteiger partial charge in [-0.25, -0.2) is 9.97 Å². The summed E-state index contributed by atoms with van der Waals surface area (Å²) in [5.41, 5.74) is 1.97. The maximum Gasteiger partial charge on any atom is 0.433 e. The Hall–Kier alpha value is -4.11. The number of aromatic nitrogens is 2. The number of furan rings is 1. The molecule has 0 radical (unpaired) electrons. The van der Waals surface area contributed by atoms with Crippen molar-refractivity contribution in [2.45, 2.75) is 6.92 Å². The number of hydrogen-bond acceptors (Lipinski definition) is 7. The minimum Gasteiger partial charge on any atom is -0.400 e. The number of fused-ring (bicyclic) bond motifs is 1. The molecule has 4 aromatic rings. The molecule has 0 bridgehead atoms. The Bertz CT molecular complexity index is 1320. The fraction of sp³-hybridized carbons (Fsp3) is 0.0476. The summed E-state index contributed by atoms with van der Waals surface area (Å²) >= 11 is 6.17. The minimum absolute atomic E-state index is 0.0403. The van der Waals surface area contributed by atoms with Gasteiger partial charge in [0.25, 0.3) is 5.95 Å².